The van der Waals surface area contributed by atoms with Crippen LogP contribution < -0.4 is 5.32 Å². The van der Waals surface area contributed by atoms with E-state index in [1.54, 1.807) is 10.8 Å². The molecule has 0 atom stereocenters. The number of nitrogens with zero attached hydrogens (tertiary/aromatic N) is 6. The highest BCUT2D eigenvalue weighted by atomic mass is 32.2. The highest BCUT2D eigenvalue weighted by molar-refractivity contribution is 8.01. The van der Waals surface area contributed by atoms with Crippen LogP contribution in [-0.2, 0) is 6.54 Å². The third-order valence-electron chi connectivity index (χ3n) is 2.94. The predicted octanol–water partition coefficient (Wildman–Crippen LogP) is 2.64. The highest BCUT2D eigenvalue weighted by Gasteiger charge is 2.11. The van der Waals surface area contributed by atoms with Gasteiger partial charge in [0.2, 0.25) is 5.13 Å². The first-order valence-electron chi connectivity index (χ1n) is 6.73. The Labute approximate surface area is 139 Å². The van der Waals surface area contributed by atoms with Gasteiger partial charge in [0.25, 0.3) is 5.78 Å². The summed E-state index contributed by atoms with van der Waals surface area (Å²) < 4.78 is 7.78. The summed E-state index contributed by atoms with van der Waals surface area (Å²) in [5.74, 6) is 1.43. The fourth-order valence-corrected chi connectivity index (χ4v) is 3.80. The van der Waals surface area contributed by atoms with E-state index in [9.17, 15) is 0 Å². The SMILES string of the molecule is Cc1cc(Sc2nnc(NCc3ccco3)s2)n2ncnc2n1. The Morgan fingerprint density at radius 2 is 2.35 bits per heavy atom. The zero-order valence-corrected chi connectivity index (χ0v) is 13.6. The van der Waals surface area contributed by atoms with Crippen molar-refractivity contribution in [3.63, 3.8) is 0 Å². The third-order valence-corrected chi connectivity index (χ3v) is 4.87. The maximum absolute atomic E-state index is 5.27. The van der Waals surface area contributed by atoms with Gasteiger partial charge in [0, 0.05) is 5.69 Å². The zero-order chi connectivity index (χ0) is 15.6. The van der Waals surface area contributed by atoms with Crippen LogP contribution >= 0.6 is 23.1 Å². The summed E-state index contributed by atoms with van der Waals surface area (Å²) in [5, 5.41) is 17.3. The third kappa shape index (κ3) is 3.03. The Morgan fingerprint density at radius 1 is 1.39 bits per heavy atom. The highest BCUT2D eigenvalue weighted by Crippen LogP contribution is 2.32. The van der Waals surface area contributed by atoms with E-state index in [1.807, 2.05) is 25.1 Å². The van der Waals surface area contributed by atoms with Crippen LogP contribution in [-0.4, -0.2) is 29.8 Å². The van der Waals surface area contributed by atoms with Crippen LogP contribution in [0.15, 0.2) is 44.6 Å². The van der Waals surface area contributed by atoms with E-state index in [1.165, 1.54) is 29.4 Å². The molecule has 0 radical (unpaired) electrons. The van der Waals surface area contributed by atoms with E-state index < -0.39 is 0 Å². The lowest BCUT2D eigenvalue weighted by Crippen LogP contribution is -1.97. The average molecular weight is 345 g/mol. The number of anilines is 1. The number of aryl methyl sites for hydroxylation is 1. The topological polar surface area (TPSA) is 94.0 Å². The van der Waals surface area contributed by atoms with Gasteiger partial charge in [0.15, 0.2) is 4.34 Å². The molecule has 8 nitrogen and oxygen atoms in total. The molecule has 4 aromatic heterocycles. The van der Waals surface area contributed by atoms with Gasteiger partial charge < -0.3 is 9.73 Å². The largest absolute Gasteiger partial charge is 0.467 e. The summed E-state index contributed by atoms with van der Waals surface area (Å²) in [6.45, 7) is 2.50. The monoisotopic (exact) mass is 345 g/mol. The molecule has 0 aliphatic rings. The Balaban J connectivity index is 1.51. The van der Waals surface area contributed by atoms with E-state index in [0.29, 0.717) is 12.3 Å². The summed E-state index contributed by atoms with van der Waals surface area (Å²) in [6, 6.07) is 5.71. The van der Waals surface area contributed by atoms with Crippen molar-refractivity contribution < 1.29 is 4.42 Å². The van der Waals surface area contributed by atoms with Gasteiger partial charge in [-0.3, -0.25) is 0 Å². The number of hydrogen-bond acceptors (Lipinski definition) is 9. The van der Waals surface area contributed by atoms with E-state index in [0.717, 1.165) is 26.0 Å². The van der Waals surface area contributed by atoms with Gasteiger partial charge in [0.05, 0.1) is 12.8 Å². The van der Waals surface area contributed by atoms with E-state index in [2.05, 4.69) is 30.6 Å². The zero-order valence-electron chi connectivity index (χ0n) is 12.0. The summed E-state index contributed by atoms with van der Waals surface area (Å²) in [4.78, 5) is 8.44. The molecule has 1 N–H and O–H groups in total. The van der Waals surface area contributed by atoms with Gasteiger partial charge >= 0.3 is 0 Å². The van der Waals surface area contributed by atoms with Crippen LogP contribution in [0.4, 0.5) is 5.13 Å². The van der Waals surface area contributed by atoms with Gasteiger partial charge in [0.1, 0.15) is 17.1 Å². The van der Waals surface area contributed by atoms with Crippen molar-refractivity contribution in [1.82, 2.24) is 29.8 Å². The lowest BCUT2D eigenvalue weighted by Gasteiger charge is -2.01. The number of nitrogens with one attached hydrogen (secondary N) is 1. The Bertz CT molecular complexity index is 931. The van der Waals surface area contributed by atoms with Crippen molar-refractivity contribution in [1.29, 1.82) is 0 Å². The van der Waals surface area contributed by atoms with Gasteiger partial charge in [-0.1, -0.05) is 11.3 Å². The summed E-state index contributed by atoms with van der Waals surface area (Å²) in [6.07, 6.45) is 3.13. The van der Waals surface area contributed by atoms with E-state index in [4.69, 9.17) is 4.42 Å². The standard InChI is InChI=1S/C13H11N7OS2/c1-8-5-10(20-11(17-8)15-7-16-20)22-13-19-18-12(23-13)14-6-9-3-2-4-21-9/h2-5,7H,6H2,1H3,(H,14,18). The number of furan rings is 1. The normalized spacial score (nSPS) is 11.2. The Hall–Kier alpha value is -2.46. The first-order valence-corrected chi connectivity index (χ1v) is 8.36. The number of hydrogen-bond donors (Lipinski definition) is 1. The summed E-state index contributed by atoms with van der Waals surface area (Å²) >= 11 is 2.95. The molecular formula is C13H11N7OS2. The minimum atomic E-state index is 0.577. The molecular weight excluding hydrogens is 334 g/mol. The maximum atomic E-state index is 5.27. The molecule has 0 saturated heterocycles. The minimum absolute atomic E-state index is 0.577. The minimum Gasteiger partial charge on any atom is -0.467 e. The molecule has 0 spiro atoms. The Kier molecular flexibility index (Phi) is 3.67. The number of aromatic nitrogens is 6. The molecule has 0 aromatic carbocycles. The van der Waals surface area contributed by atoms with Crippen molar-refractivity contribution in [3.8, 4) is 0 Å². The van der Waals surface area contributed by atoms with Crippen LogP contribution in [0.5, 0.6) is 0 Å². The molecule has 10 heteroatoms. The van der Waals surface area contributed by atoms with Gasteiger partial charge in [-0.2, -0.15) is 14.6 Å². The molecule has 0 aliphatic heterocycles. The lowest BCUT2D eigenvalue weighted by molar-refractivity contribution is 0.518. The smallest absolute Gasteiger partial charge is 0.253 e. The molecule has 0 aliphatic carbocycles. The summed E-state index contributed by atoms with van der Waals surface area (Å²) in [7, 11) is 0. The second-order valence-electron chi connectivity index (χ2n) is 4.62. The van der Waals surface area contributed by atoms with Crippen LogP contribution in [0.1, 0.15) is 11.5 Å². The van der Waals surface area contributed by atoms with Crippen LogP contribution in [0.3, 0.4) is 0 Å². The van der Waals surface area contributed by atoms with Crippen molar-refractivity contribution in [2.75, 3.05) is 5.32 Å². The van der Waals surface area contributed by atoms with Gasteiger partial charge in [-0.25, -0.2) is 4.98 Å². The first kappa shape index (κ1) is 14.2. The molecule has 0 fully saturated rings. The number of fused-ring (bicyclic) bond motifs is 1. The second kappa shape index (κ2) is 5.97. The van der Waals surface area contributed by atoms with Gasteiger partial charge in [-0.15, -0.1) is 10.2 Å². The number of rotatable bonds is 5. The molecule has 4 rings (SSSR count). The second-order valence-corrected chi connectivity index (χ2v) is 6.86. The molecule has 0 amide bonds. The fourth-order valence-electron chi connectivity index (χ4n) is 1.96. The quantitative estimate of drug-likeness (QED) is 0.552. The Morgan fingerprint density at radius 3 is 3.22 bits per heavy atom. The fraction of sp³-hybridized carbons (Fsp3) is 0.154. The molecule has 0 unspecified atom stereocenters. The molecule has 23 heavy (non-hydrogen) atoms. The van der Waals surface area contributed by atoms with Crippen molar-refractivity contribution >= 4 is 34.0 Å². The first-order chi connectivity index (χ1) is 11.3. The molecule has 116 valence electrons. The average Bonchev–Trinajstić information content (AvgIpc) is 3.26. The maximum Gasteiger partial charge on any atom is 0.253 e. The van der Waals surface area contributed by atoms with E-state index >= 15 is 0 Å². The van der Waals surface area contributed by atoms with Crippen molar-refractivity contribution in [2.24, 2.45) is 0 Å². The molecule has 0 bridgehead atoms. The van der Waals surface area contributed by atoms with Crippen LogP contribution in [0.2, 0.25) is 0 Å². The lowest BCUT2D eigenvalue weighted by atomic mass is 10.4. The van der Waals surface area contributed by atoms with Crippen LogP contribution in [0.25, 0.3) is 5.78 Å². The van der Waals surface area contributed by atoms with Gasteiger partial charge in [-0.05, 0) is 36.9 Å². The van der Waals surface area contributed by atoms with Crippen molar-refractivity contribution in [2.45, 2.75) is 22.8 Å². The van der Waals surface area contributed by atoms with Crippen molar-refractivity contribution in [3.05, 3.63) is 42.2 Å². The molecule has 4 aromatic rings. The van der Waals surface area contributed by atoms with Crippen LogP contribution in [0, 0.1) is 6.92 Å². The summed E-state index contributed by atoms with van der Waals surface area (Å²) in [5.41, 5.74) is 0.883. The molecule has 0 saturated carbocycles. The van der Waals surface area contributed by atoms with E-state index in [-0.39, 0.29) is 0 Å². The predicted molar refractivity (Wildman–Crippen MR) is 85.6 cm³/mol. The molecule has 4 heterocycles.